The normalized spacial score (nSPS) is 11.1. The number of nitriles is 1. The van der Waals surface area contributed by atoms with Crippen molar-refractivity contribution >= 4 is 35.5 Å². The number of nitrogens with one attached hydrogen (secondary N) is 1. The molecule has 0 aliphatic rings. The van der Waals surface area contributed by atoms with Crippen molar-refractivity contribution in [2.45, 2.75) is 6.42 Å². The summed E-state index contributed by atoms with van der Waals surface area (Å²) < 4.78 is 0. The van der Waals surface area contributed by atoms with E-state index in [4.69, 9.17) is 16.9 Å². The van der Waals surface area contributed by atoms with Crippen molar-refractivity contribution in [3.63, 3.8) is 0 Å². The molecule has 0 bridgehead atoms. The average Bonchev–Trinajstić information content (AvgIpc) is 2.39. The number of hydrogen-bond donors (Lipinski definition) is 1. The number of hydrazone groups is 1. The van der Waals surface area contributed by atoms with Crippen molar-refractivity contribution in [1.82, 2.24) is 5.43 Å². The number of carbonyl (C=O) groups excluding carboxylic acids is 1. The van der Waals surface area contributed by atoms with Gasteiger partial charge in [0.05, 0.1) is 22.2 Å². The molecule has 0 aromatic heterocycles. The molecule has 8 heteroatoms. The second-order valence-corrected chi connectivity index (χ2v) is 3.94. The van der Waals surface area contributed by atoms with E-state index >= 15 is 0 Å². The first kappa shape index (κ1) is 15.3. The Morgan fingerprint density at radius 3 is 2.70 bits per heavy atom. The highest BCUT2D eigenvalue weighted by atomic mass is 35.5. The summed E-state index contributed by atoms with van der Waals surface area (Å²) in [5, 5.41) is 22.5. The molecule has 0 unspecified atom stereocenters. The van der Waals surface area contributed by atoms with Gasteiger partial charge in [0.1, 0.15) is 6.42 Å². The number of nitro benzene ring substituents is 1. The van der Waals surface area contributed by atoms with Gasteiger partial charge in [0, 0.05) is 12.1 Å². The lowest BCUT2D eigenvalue weighted by Crippen LogP contribution is -2.15. The molecule has 0 fully saturated rings. The molecule has 0 heterocycles. The molecule has 7 nitrogen and oxygen atoms in total. The van der Waals surface area contributed by atoms with Gasteiger partial charge in [-0.2, -0.15) is 10.4 Å². The molecule has 1 amide bonds. The maximum Gasteiger partial charge on any atom is 0.269 e. The summed E-state index contributed by atoms with van der Waals surface area (Å²) in [6.45, 7) is 0. The van der Waals surface area contributed by atoms with Gasteiger partial charge in [-0.25, -0.2) is 5.43 Å². The first-order chi connectivity index (χ1) is 9.52. The number of nitro groups is 1. The van der Waals surface area contributed by atoms with Crippen LogP contribution in [0.15, 0.2) is 34.4 Å². The topological polar surface area (TPSA) is 108 Å². The Balaban J connectivity index is 2.64. The zero-order chi connectivity index (χ0) is 15.0. The maximum absolute atomic E-state index is 10.9. The van der Waals surface area contributed by atoms with Gasteiger partial charge in [-0.1, -0.05) is 11.6 Å². The van der Waals surface area contributed by atoms with Gasteiger partial charge in [-0.05, 0) is 23.8 Å². The van der Waals surface area contributed by atoms with E-state index in [2.05, 4.69) is 10.5 Å². The Labute approximate surface area is 119 Å². The van der Waals surface area contributed by atoms with E-state index in [0.29, 0.717) is 5.56 Å². The van der Waals surface area contributed by atoms with Gasteiger partial charge in [-0.3, -0.25) is 14.9 Å². The predicted octanol–water partition coefficient (Wildman–Crippen LogP) is 2.19. The number of benzene rings is 1. The molecule has 0 atom stereocenters. The van der Waals surface area contributed by atoms with E-state index in [0.717, 1.165) is 0 Å². The van der Waals surface area contributed by atoms with Crippen LogP contribution in [0.4, 0.5) is 5.69 Å². The largest absolute Gasteiger partial charge is 0.272 e. The molecule has 0 aliphatic heterocycles. The van der Waals surface area contributed by atoms with Gasteiger partial charge in [-0.15, -0.1) is 0 Å². The third-order valence-corrected chi connectivity index (χ3v) is 2.23. The zero-order valence-electron chi connectivity index (χ0n) is 10.1. The van der Waals surface area contributed by atoms with Crippen molar-refractivity contribution in [2.24, 2.45) is 5.10 Å². The van der Waals surface area contributed by atoms with Crippen LogP contribution in [0, 0.1) is 21.4 Å². The highest BCUT2D eigenvalue weighted by Gasteiger charge is 2.02. The number of rotatable bonds is 5. The van der Waals surface area contributed by atoms with Crippen molar-refractivity contribution in [3.8, 4) is 6.07 Å². The van der Waals surface area contributed by atoms with E-state index in [-0.39, 0.29) is 17.1 Å². The van der Waals surface area contributed by atoms with Gasteiger partial charge in [0.15, 0.2) is 0 Å². The lowest BCUT2D eigenvalue weighted by molar-refractivity contribution is -0.384. The first-order valence-corrected chi connectivity index (χ1v) is 5.71. The number of hydrogen-bond acceptors (Lipinski definition) is 5. The Hall–Kier alpha value is -2.72. The Morgan fingerprint density at radius 1 is 1.50 bits per heavy atom. The number of halogens is 1. The molecule has 0 saturated heterocycles. The first-order valence-electron chi connectivity index (χ1n) is 5.33. The summed E-state index contributed by atoms with van der Waals surface area (Å²) in [6.07, 6.45) is 2.42. The second-order valence-electron chi connectivity index (χ2n) is 3.51. The van der Waals surface area contributed by atoms with Gasteiger partial charge in [0.25, 0.3) is 11.6 Å². The summed E-state index contributed by atoms with van der Waals surface area (Å²) >= 11 is 5.84. The third-order valence-electron chi connectivity index (χ3n) is 2.03. The number of non-ortho nitro benzene ring substituents is 1. The van der Waals surface area contributed by atoms with Crippen molar-refractivity contribution in [3.05, 3.63) is 45.0 Å². The fourth-order valence-electron chi connectivity index (χ4n) is 1.17. The number of amides is 1. The number of allylic oxidation sites excluding steroid dienone is 1. The Bertz CT molecular complexity index is 602. The van der Waals surface area contributed by atoms with E-state index in [1.54, 1.807) is 6.07 Å². The van der Waals surface area contributed by atoms with Crippen molar-refractivity contribution in [2.75, 3.05) is 0 Å². The third kappa shape index (κ3) is 5.29. The molecule has 1 aromatic carbocycles. The molecule has 0 spiro atoms. The van der Waals surface area contributed by atoms with E-state index in [1.807, 2.05) is 0 Å². The van der Waals surface area contributed by atoms with Gasteiger partial charge >= 0.3 is 0 Å². The fourth-order valence-corrected chi connectivity index (χ4v) is 1.34. The monoisotopic (exact) mass is 292 g/mol. The maximum atomic E-state index is 10.9. The van der Waals surface area contributed by atoms with Gasteiger partial charge < -0.3 is 0 Å². The molecule has 102 valence electrons. The van der Waals surface area contributed by atoms with Crippen molar-refractivity contribution < 1.29 is 9.72 Å². The zero-order valence-corrected chi connectivity index (χ0v) is 10.9. The lowest BCUT2D eigenvalue weighted by Gasteiger charge is -1.95. The van der Waals surface area contributed by atoms with E-state index < -0.39 is 10.8 Å². The van der Waals surface area contributed by atoms with Crippen molar-refractivity contribution in [1.29, 1.82) is 5.26 Å². The number of nitrogens with zero attached hydrogens (tertiary/aromatic N) is 3. The Morgan fingerprint density at radius 2 is 2.15 bits per heavy atom. The fraction of sp³-hybridized carbons (Fsp3) is 0.0833. The van der Waals surface area contributed by atoms with Crippen LogP contribution in [-0.2, 0) is 4.79 Å². The highest BCUT2D eigenvalue weighted by Crippen LogP contribution is 2.14. The highest BCUT2D eigenvalue weighted by molar-refractivity contribution is 6.41. The second kappa shape index (κ2) is 7.66. The van der Waals surface area contributed by atoms with Crippen LogP contribution in [0.5, 0.6) is 0 Å². The molecule has 20 heavy (non-hydrogen) atoms. The minimum absolute atomic E-state index is 0.0179. The van der Waals surface area contributed by atoms with Crippen LogP contribution in [0.25, 0.3) is 6.08 Å². The molecule has 0 saturated carbocycles. The quantitative estimate of drug-likeness (QED) is 0.509. The molecule has 1 N–H and O–H groups in total. The summed E-state index contributed by atoms with van der Waals surface area (Å²) in [5.41, 5.74) is 2.75. The average molecular weight is 293 g/mol. The van der Waals surface area contributed by atoms with Crippen LogP contribution < -0.4 is 5.43 Å². The minimum Gasteiger partial charge on any atom is -0.272 e. The van der Waals surface area contributed by atoms with Gasteiger partial charge in [0.2, 0.25) is 0 Å². The van der Waals surface area contributed by atoms with Crippen LogP contribution in [0.3, 0.4) is 0 Å². The summed E-state index contributed by atoms with van der Waals surface area (Å²) in [4.78, 5) is 20.9. The SMILES string of the molecule is N#CCC(=O)NN=CC(Cl)=Cc1ccc([N+](=O)[O-])cc1. The van der Waals surface area contributed by atoms with E-state index in [1.165, 1.54) is 36.6 Å². The molecule has 0 aliphatic carbocycles. The van der Waals surface area contributed by atoms with Crippen LogP contribution in [-0.4, -0.2) is 17.0 Å². The lowest BCUT2D eigenvalue weighted by atomic mass is 10.2. The predicted molar refractivity (Wildman–Crippen MR) is 73.8 cm³/mol. The molecular weight excluding hydrogens is 284 g/mol. The summed E-state index contributed by atoms with van der Waals surface area (Å²) in [7, 11) is 0. The standard InChI is InChI=1S/C12H9ClN4O3/c13-10(8-15-16-12(18)5-6-14)7-9-1-3-11(4-2-9)17(19)20/h1-4,7-8H,5H2,(H,16,18). The molecular formula is C12H9ClN4O3. The number of carbonyl (C=O) groups is 1. The smallest absolute Gasteiger partial charge is 0.269 e. The Kier molecular flexibility index (Phi) is 5.87. The van der Waals surface area contributed by atoms with E-state index in [9.17, 15) is 14.9 Å². The summed E-state index contributed by atoms with van der Waals surface area (Å²) in [6, 6.07) is 7.43. The van der Waals surface area contributed by atoms with Crippen LogP contribution >= 0.6 is 11.6 Å². The summed E-state index contributed by atoms with van der Waals surface area (Å²) in [5.74, 6) is -0.538. The molecule has 0 radical (unpaired) electrons. The molecule has 1 rings (SSSR count). The van der Waals surface area contributed by atoms with Crippen LogP contribution in [0.2, 0.25) is 0 Å². The molecule has 1 aromatic rings. The van der Waals surface area contributed by atoms with Crippen LogP contribution in [0.1, 0.15) is 12.0 Å². The minimum atomic E-state index is -0.538.